The van der Waals surface area contributed by atoms with Crippen molar-refractivity contribution in [2.24, 2.45) is 0 Å². The summed E-state index contributed by atoms with van der Waals surface area (Å²) >= 11 is 0. The molecule has 88 valence electrons. The van der Waals surface area contributed by atoms with E-state index in [2.05, 4.69) is 15.3 Å². The number of hydrogen-bond donors (Lipinski definition) is 2. The number of hydrogen-bond acceptors (Lipinski definition) is 4. The Balaban J connectivity index is 1.79. The van der Waals surface area contributed by atoms with Gasteiger partial charge in [0.2, 0.25) is 0 Å². The number of aliphatic hydroxyl groups is 1. The van der Waals surface area contributed by atoms with E-state index in [9.17, 15) is 5.11 Å². The molecule has 0 spiro atoms. The highest BCUT2D eigenvalue weighted by molar-refractivity contribution is 5.13. The van der Waals surface area contributed by atoms with Crippen LogP contribution >= 0.6 is 0 Å². The van der Waals surface area contributed by atoms with Gasteiger partial charge in [-0.15, -0.1) is 0 Å². The summed E-state index contributed by atoms with van der Waals surface area (Å²) in [6, 6.07) is 9.41. The normalized spacial score (nSPS) is 12.3. The van der Waals surface area contributed by atoms with E-state index >= 15 is 0 Å². The van der Waals surface area contributed by atoms with Crippen molar-refractivity contribution >= 4 is 0 Å². The van der Waals surface area contributed by atoms with Crippen molar-refractivity contribution in [3.8, 4) is 0 Å². The fraction of sp³-hybridized carbons (Fsp3) is 0.231. The van der Waals surface area contributed by atoms with Gasteiger partial charge in [0.1, 0.15) is 0 Å². The molecule has 2 N–H and O–H groups in total. The number of rotatable bonds is 5. The Morgan fingerprint density at radius 1 is 1.12 bits per heavy atom. The van der Waals surface area contributed by atoms with Crippen molar-refractivity contribution < 1.29 is 5.11 Å². The summed E-state index contributed by atoms with van der Waals surface area (Å²) in [5, 5.41) is 13.1. The van der Waals surface area contributed by atoms with Crippen molar-refractivity contribution in [2.45, 2.75) is 12.6 Å². The Kier molecular flexibility index (Phi) is 4.18. The molecule has 2 heterocycles. The van der Waals surface area contributed by atoms with Gasteiger partial charge in [-0.1, -0.05) is 6.07 Å². The quantitative estimate of drug-likeness (QED) is 0.811. The predicted octanol–water partition coefficient (Wildman–Crippen LogP) is 1.30. The summed E-state index contributed by atoms with van der Waals surface area (Å²) in [7, 11) is 0. The summed E-state index contributed by atoms with van der Waals surface area (Å²) in [5.41, 5.74) is 1.84. The zero-order valence-corrected chi connectivity index (χ0v) is 9.45. The standard InChI is InChI=1S/C13H15N3O/c17-13(11-4-7-14-8-5-11)10-15-9-12-3-1-2-6-16-12/h1-8,13,15,17H,9-10H2. The van der Waals surface area contributed by atoms with Gasteiger partial charge in [0.15, 0.2) is 0 Å². The van der Waals surface area contributed by atoms with Crippen molar-refractivity contribution in [3.63, 3.8) is 0 Å². The van der Waals surface area contributed by atoms with E-state index < -0.39 is 6.10 Å². The lowest BCUT2D eigenvalue weighted by Gasteiger charge is -2.11. The fourth-order valence-electron chi connectivity index (χ4n) is 1.54. The largest absolute Gasteiger partial charge is 0.387 e. The van der Waals surface area contributed by atoms with Crippen molar-refractivity contribution in [2.75, 3.05) is 6.54 Å². The molecule has 2 aromatic rings. The first-order valence-corrected chi connectivity index (χ1v) is 5.55. The average molecular weight is 229 g/mol. The lowest BCUT2D eigenvalue weighted by molar-refractivity contribution is 0.174. The van der Waals surface area contributed by atoms with E-state index in [4.69, 9.17) is 0 Å². The number of aromatic nitrogens is 2. The lowest BCUT2D eigenvalue weighted by atomic mass is 10.1. The van der Waals surface area contributed by atoms with Gasteiger partial charge in [0, 0.05) is 31.7 Å². The third kappa shape index (κ3) is 3.62. The molecule has 0 saturated heterocycles. The van der Waals surface area contributed by atoms with Gasteiger partial charge in [-0.05, 0) is 29.8 Å². The highest BCUT2D eigenvalue weighted by Crippen LogP contribution is 2.09. The molecule has 17 heavy (non-hydrogen) atoms. The predicted molar refractivity (Wildman–Crippen MR) is 65.1 cm³/mol. The number of aliphatic hydroxyl groups excluding tert-OH is 1. The van der Waals surface area contributed by atoms with Crippen LogP contribution in [0.2, 0.25) is 0 Å². The first-order valence-electron chi connectivity index (χ1n) is 5.55. The second-order valence-corrected chi connectivity index (χ2v) is 3.75. The molecule has 4 heteroatoms. The Hall–Kier alpha value is -1.78. The fourth-order valence-corrected chi connectivity index (χ4v) is 1.54. The zero-order valence-electron chi connectivity index (χ0n) is 9.45. The van der Waals surface area contributed by atoms with E-state index in [-0.39, 0.29) is 0 Å². The van der Waals surface area contributed by atoms with Crippen LogP contribution in [0, 0.1) is 0 Å². The van der Waals surface area contributed by atoms with Gasteiger partial charge in [-0.25, -0.2) is 0 Å². The summed E-state index contributed by atoms with van der Waals surface area (Å²) in [6.45, 7) is 1.16. The molecule has 0 bridgehead atoms. The summed E-state index contributed by atoms with van der Waals surface area (Å²) in [4.78, 5) is 8.11. The molecule has 1 unspecified atom stereocenters. The molecule has 1 atom stereocenters. The molecule has 2 rings (SSSR count). The van der Waals surface area contributed by atoms with Gasteiger partial charge in [-0.3, -0.25) is 9.97 Å². The summed E-state index contributed by atoms with van der Waals surface area (Å²) in [6.07, 6.45) is 4.60. The average Bonchev–Trinajstić information content (AvgIpc) is 2.41. The van der Waals surface area contributed by atoms with Crippen LogP contribution in [0.15, 0.2) is 48.9 Å². The van der Waals surface area contributed by atoms with Crippen LogP contribution in [0.25, 0.3) is 0 Å². The number of pyridine rings is 2. The van der Waals surface area contributed by atoms with Crippen LogP contribution in [0.1, 0.15) is 17.4 Å². The maximum Gasteiger partial charge on any atom is 0.0915 e. The lowest BCUT2D eigenvalue weighted by Crippen LogP contribution is -2.21. The third-order valence-corrected chi connectivity index (χ3v) is 2.46. The molecule has 0 aliphatic carbocycles. The van der Waals surface area contributed by atoms with Gasteiger partial charge >= 0.3 is 0 Å². The monoisotopic (exact) mass is 229 g/mol. The van der Waals surface area contributed by atoms with Crippen molar-refractivity contribution in [3.05, 3.63) is 60.2 Å². The topological polar surface area (TPSA) is 58.0 Å². The SMILES string of the molecule is OC(CNCc1ccccn1)c1ccncc1. The first kappa shape index (κ1) is 11.7. The molecule has 0 aliphatic rings. The van der Waals surface area contributed by atoms with Gasteiger partial charge in [-0.2, -0.15) is 0 Å². The third-order valence-electron chi connectivity index (χ3n) is 2.46. The van der Waals surface area contributed by atoms with E-state index in [1.54, 1.807) is 18.6 Å². The Labute approximate surface area is 100 Å². The van der Waals surface area contributed by atoms with E-state index in [0.717, 1.165) is 11.3 Å². The Morgan fingerprint density at radius 3 is 2.65 bits per heavy atom. The highest BCUT2D eigenvalue weighted by atomic mass is 16.3. The second-order valence-electron chi connectivity index (χ2n) is 3.75. The van der Waals surface area contributed by atoms with Gasteiger partial charge in [0.05, 0.1) is 11.8 Å². The minimum atomic E-state index is -0.512. The molecule has 0 aromatic carbocycles. The molecule has 4 nitrogen and oxygen atoms in total. The number of nitrogens with one attached hydrogen (secondary N) is 1. The molecular formula is C13H15N3O. The molecule has 2 aromatic heterocycles. The maximum atomic E-state index is 9.89. The Morgan fingerprint density at radius 2 is 1.94 bits per heavy atom. The van der Waals surface area contributed by atoms with Crippen LogP contribution in [-0.2, 0) is 6.54 Å². The molecule has 0 saturated carbocycles. The smallest absolute Gasteiger partial charge is 0.0915 e. The van der Waals surface area contributed by atoms with Crippen LogP contribution in [0.4, 0.5) is 0 Å². The zero-order chi connectivity index (χ0) is 11.9. The van der Waals surface area contributed by atoms with Crippen LogP contribution < -0.4 is 5.32 Å². The number of nitrogens with zero attached hydrogens (tertiary/aromatic N) is 2. The van der Waals surface area contributed by atoms with E-state index in [0.29, 0.717) is 13.1 Å². The molecule has 0 radical (unpaired) electrons. The van der Waals surface area contributed by atoms with Gasteiger partial charge < -0.3 is 10.4 Å². The van der Waals surface area contributed by atoms with Crippen LogP contribution in [0.5, 0.6) is 0 Å². The maximum absolute atomic E-state index is 9.89. The van der Waals surface area contributed by atoms with Gasteiger partial charge in [0.25, 0.3) is 0 Å². The highest BCUT2D eigenvalue weighted by Gasteiger charge is 2.05. The van der Waals surface area contributed by atoms with Crippen molar-refractivity contribution in [1.29, 1.82) is 0 Å². The molecular weight excluding hydrogens is 214 g/mol. The van der Waals surface area contributed by atoms with E-state index in [1.807, 2.05) is 30.3 Å². The minimum Gasteiger partial charge on any atom is -0.387 e. The second kappa shape index (κ2) is 6.08. The van der Waals surface area contributed by atoms with Crippen molar-refractivity contribution in [1.82, 2.24) is 15.3 Å². The first-order chi connectivity index (χ1) is 8.36. The van der Waals surface area contributed by atoms with Crippen LogP contribution in [0.3, 0.4) is 0 Å². The minimum absolute atomic E-state index is 0.501. The van der Waals surface area contributed by atoms with Crippen LogP contribution in [-0.4, -0.2) is 21.6 Å². The molecule has 0 fully saturated rings. The molecule has 0 amide bonds. The van der Waals surface area contributed by atoms with E-state index in [1.165, 1.54) is 0 Å². The summed E-state index contributed by atoms with van der Waals surface area (Å²) < 4.78 is 0. The summed E-state index contributed by atoms with van der Waals surface area (Å²) in [5.74, 6) is 0. The Bertz CT molecular complexity index is 433. The molecule has 0 aliphatic heterocycles.